The van der Waals surface area contributed by atoms with Gasteiger partial charge in [-0.05, 0) is 36.8 Å². The molecule has 3 N–H and O–H groups in total. The topological polar surface area (TPSA) is 82.5 Å². The van der Waals surface area contributed by atoms with Crippen molar-refractivity contribution in [2.24, 2.45) is 5.92 Å². The molecule has 0 aliphatic heterocycles. The van der Waals surface area contributed by atoms with Crippen LogP contribution in [-0.2, 0) is 0 Å². The van der Waals surface area contributed by atoms with Gasteiger partial charge in [-0.15, -0.1) is 0 Å². The quantitative estimate of drug-likeness (QED) is 0.733. The number of hydrogen-bond donors (Lipinski definition) is 3. The van der Waals surface area contributed by atoms with Crippen molar-refractivity contribution < 1.29 is 15.0 Å². The van der Waals surface area contributed by atoms with E-state index in [1.54, 1.807) is 6.07 Å². The van der Waals surface area contributed by atoms with Crippen LogP contribution < -0.4 is 5.32 Å². The molecule has 1 atom stereocenters. The van der Waals surface area contributed by atoms with Gasteiger partial charge in [-0.1, -0.05) is 13.8 Å². The van der Waals surface area contributed by atoms with E-state index in [1.807, 2.05) is 13.8 Å². The van der Waals surface area contributed by atoms with E-state index in [-0.39, 0.29) is 17.6 Å². The van der Waals surface area contributed by atoms with Crippen molar-refractivity contribution in [1.82, 2.24) is 4.98 Å². The molecule has 1 aliphatic carbocycles. The van der Waals surface area contributed by atoms with Crippen LogP contribution >= 0.6 is 0 Å². The minimum absolute atomic E-state index is 0.160. The van der Waals surface area contributed by atoms with E-state index < -0.39 is 5.97 Å². The Bertz CT molecular complexity index is 470. The molecule has 1 unspecified atom stereocenters. The minimum atomic E-state index is -0.963. The molecule has 1 fully saturated rings. The molecule has 5 nitrogen and oxygen atoms in total. The van der Waals surface area contributed by atoms with Crippen LogP contribution in [0.5, 0.6) is 0 Å². The number of nitrogens with one attached hydrogen (secondary N) is 1. The largest absolute Gasteiger partial charge is 0.478 e. The Kier molecular flexibility index (Phi) is 4.04. The van der Waals surface area contributed by atoms with Crippen LogP contribution in [0, 0.1) is 5.92 Å². The fraction of sp³-hybridized carbons (Fsp3) is 0.571. The summed E-state index contributed by atoms with van der Waals surface area (Å²) in [6, 6.07) is 3.10. The summed E-state index contributed by atoms with van der Waals surface area (Å²) in [5, 5.41) is 21.9. The predicted octanol–water partition coefficient (Wildman–Crippen LogP) is 2.09. The summed E-state index contributed by atoms with van der Waals surface area (Å²) >= 11 is 0. The third-order valence-corrected chi connectivity index (χ3v) is 3.34. The molecule has 1 aromatic rings. The maximum atomic E-state index is 11.1. The number of rotatable bonds is 6. The number of aliphatic hydroxyl groups is 1. The third kappa shape index (κ3) is 3.67. The van der Waals surface area contributed by atoms with Gasteiger partial charge < -0.3 is 15.5 Å². The van der Waals surface area contributed by atoms with Crippen molar-refractivity contribution in [1.29, 1.82) is 0 Å². The lowest BCUT2D eigenvalue weighted by atomic mass is 10.1. The summed E-state index contributed by atoms with van der Waals surface area (Å²) in [7, 11) is 0. The second-order valence-corrected chi connectivity index (χ2v) is 5.41. The molecule has 104 valence electrons. The van der Waals surface area contributed by atoms with Crippen molar-refractivity contribution in [3.63, 3.8) is 0 Å². The highest BCUT2D eigenvalue weighted by atomic mass is 16.4. The Labute approximate surface area is 112 Å². The van der Waals surface area contributed by atoms with E-state index >= 15 is 0 Å². The number of carboxylic acid groups (broad SMARTS) is 1. The standard InChI is InChI=1S/C14H20N2O3/c1-8(2)11-5-10(14(18)19)6-13(16-11)15-7-12(17)9-3-4-9/h5-6,8-9,12,17H,3-4,7H2,1-2H3,(H,15,16)(H,18,19). The Balaban J connectivity index is 2.11. The van der Waals surface area contributed by atoms with Gasteiger partial charge in [0.2, 0.25) is 0 Å². The molecule has 1 aliphatic rings. The number of aliphatic hydroxyl groups excluding tert-OH is 1. The highest BCUT2D eigenvalue weighted by molar-refractivity contribution is 5.88. The Morgan fingerprint density at radius 3 is 2.68 bits per heavy atom. The first-order valence-electron chi connectivity index (χ1n) is 6.64. The van der Waals surface area contributed by atoms with Gasteiger partial charge in [-0.3, -0.25) is 0 Å². The van der Waals surface area contributed by atoms with Gasteiger partial charge in [-0.2, -0.15) is 0 Å². The molecule has 0 aromatic carbocycles. The van der Waals surface area contributed by atoms with Crippen LogP contribution in [0.2, 0.25) is 0 Å². The molecule has 0 bridgehead atoms. The number of hydrogen-bond acceptors (Lipinski definition) is 4. The van der Waals surface area contributed by atoms with Gasteiger partial charge in [0, 0.05) is 12.2 Å². The lowest BCUT2D eigenvalue weighted by Gasteiger charge is -2.14. The Morgan fingerprint density at radius 1 is 1.47 bits per heavy atom. The number of pyridine rings is 1. The lowest BCUT2D eigenvalue weighted by Crippen LogP contribution is -2.22. The smallest absolute Gasteiger partial charge is 0.335 e. The maximum Gasteiger partial charge on any atom is 0.335 e. The van der Waals surface area contributed by atoms with Gasteiger partial charge in [0.05, 0.1) is 11.7 Å². The molecule has 0 saturated heterocycles. The summed E-state index contributed by atoms with van der Waals surface area (Å²) in [5.41, 5.74) is 0.963. The fourth-order valence-electron chi connectivity index (χ4n) is 1.92. The second kappa shape index (κ2) is 5.57. The fourth-order valence-corrected chi connectivity index (χ4v) is 1.92. The molecule has 1 saturated carbocycles. The zero-order valence-corrected chi connectivity index (χ0v) is 11.3. The van der Waals surface area contributed by atoms with E-state index in [9.17, 15) is 9.90 Å². The monoisotopic (exact) mass is 264 g/mol. The lowest BCUT2D eigenvalue weighted by molar-refractivity contribution is 0.0696. The predicted molar refractivity (Wildman–Crippen MR) is 72.5 cm³/mol. The van der Waals surface area contributed by atoms with Crippen LogP contribution in [0.15, 0.2) is 12.1 Å². The average Bonchev–Trinajstić information content (AvgIpc) is 3.19. The average molecular weight is 264 g/mol. The molecule has 19 heavy (non-hydrogen) atoms. The van der Waals surface area contributed by atoms with Gasteiger partial charge >= 0.3 is 5.97 Å². The van der Waals surface area contributed by atoms with Crippen molar-refractivity contribution in [3.8, 4) is 0 Å². The van der Waals surface area contributed by atoms with E-state index in [2.05, 4.69) is 10.3 Å². The summed E-state index contributed by atoms with van der Waals surface area (Å²) in [6.07, 6.45) is 1.77. The van der Waals surface area contributed by atoms with Crippen LogP contribution in [0.3, 0.4) is 0 Å². The Hall–Kier alpha value is -1.62. The number of anilines is 1. The number of carbonyl (C=O) groups is 1. The Morgan fingerprint density at radius 2 is 2.16 bits per heavy atom. The number of nitrogens with zero attached hydrogens (tertiary/aromatic N) is 1. The number of carboxylic acids is 1. The number of aromatic nitrogens is 1. The van der Waals surface area contributed by atoms with Crippen LogP contribution in [0.1, 0.15) is 48.7 Å². The van der Waals surface area contributed by atoms with E-state index in [1.165, 1.54) is 6.07 Å². The zero-order chi connectivity index (χ0) is 14.0. The molecule has 1 aromatic heterocycles. The van der Waals surface area contributed by atoms with Crippen molar-refractivity contribution >= 4 is 11.8 Å². The van der Waals surface area contributed by atoms with Crippen molar-refractivity contribution in [2.45, 2.75) is 38.7 Å². The van der Waals surface area contributed by atoms with Gasteiger partial charge in [0.1, 0.15) is 5.82 Å². The molecular formula is C14H20N2O3. The zero-order valence-electron chi connectivity index (χ0n) is 11.3. The first kappa shape index (κ1) is 13.8. The van der Waals surface area contributed by atoms with E-state index in [0.717, 1.165) is 18.5 Å². The second-order valence-electron chi connectivity index (χ2n) is 5.41. The SMILES string of the molecule is CC(C)c1cc(C(=O)O)cc(NCC(O)C2CC2)n1. The van der Waals surface area contributed by atoms with Gasteiger partial charge in [0.15, 0.2) is 0 Å². The molecule has 0 spiro atoms. The van der Waals surface area contributed by atoms with Gasteiger partial charge in [-0.25, -0.2) is 9.78 Å². The van der Waals surface area contributed by atoms with E-state index in [4.69, 9.17) is 5.11 Å². The molecule has 0 radical (unpaired) electrons. The molecule has 5 heteroatoms. The number of aromatic carboxylic acids is 1. The van der Waals surface area contributed by atoms with Gasteiger partial charge in [0.25, 0.3) is 0 Å². The van der Waals surface area contributed by atoms with Crippen LogP contribution in [0.4, 0.5) is 5.82 Å². The maximum absolute atomic E-state index is 11.1. The van der Waals surface area contributed by atoms with Crippen LogP contribution in [-0.4, -0.2) is 33.8 Å². The minimum Gasteiger partial charge on any atom is -0.478 e. The highest BCUT2D eigenvalue weighted by Crippen LogP contribution is 2.32. The summed E-state index contributed by atoms with van der Waals surface area (Å²) in [4.78, 5) is 15.5. The first-order valence-corrected chi connectivity index (χ1v) is 6.64. The molecule has 1 heterocycles. The summed E-state index contributed by atoms with van der Waals surface area (Å²) in [6.45, 7) is 4.35. The molecule has 2 rings (SSSR count). The summed E-state index contributed by atoms with van der Waals surface area (Å²) < 4.78 is 0. The van der Waals surface area contributed by atoms with Crippen molar-refractivity contribution in [3.05, 3.63) is 23.4 Å². The third-order valence-electron chi connectivity index (χ3n) is 3.34. The first-order chi connectivity index (χ1) is 8.97. The van der Waals surface area contributed by atoms with E-state index in [0.29, 0.717) is 18.3 Å². The normalized spacial score (nSPS) is 16.4. The molecular weight excluding hydrogens is 244 g/mol. The van der Waals surface area contributed by atoms with Crippen LogP contribution in [0.25, 0.3) is 0 Å². The van der Waals surface area contributed by atoms with Crippen molar-refractivity contribution in [2.75, 3.05) is 11.9 Å². The summed E-state index contributed by atoms with van der Waals surface area (Å²) in [5.74, 6) is 0.103. The highest BCUT2D eigenvalue weighted by Gasteiger charge is 2.29. The molecule has 0 amide bonds.